The number of nitrogens with zero attached hydrogens (tertiary/aromatic N) is 2. The standard InChI is InChI=1S/C20H27N3O2S/c1-20(2,3)25-19(24)23-10-6-7-13(12-23)17-15-9-5-4-8-14(15)16(11-21)18(26)22-17/h13H,4-10,12H2,1-3H3,(H,22,26). The third kappa shape index (κ3) is 3.93. The van der Waals surface area contributed by atoms with Crippen molar-refractivity contribution in [3.63, 3.8) is 0 Å². The highest BCUT2D eigenvalue weighted by atomic mass is 32.1. The van der Waals surface area contributed by atoms with Crippen LogP contribution in [0.2, 0.25) is 0 Å². The number of nitrogens with one attached hydrogen (secondary N) is 1. The van der Waals surface area contributed by atoms with Crippen LogP contribution < -0.4 is 0 Å². The van der Waals surface area contributed by atoms with E-state index in [1.807, 2.05) is 25.7 Å². The smallest absolute Gasteiger partial charge is 0.410 e. The molecule has 2 aliphatic rings. The van der Waals surface area contributed by atoms with Gasteiger partial charge in [-0.05, 0) is 70.4 Å². The number of ether oxygens (including phenoxy) is 1. The van der Waals surface area contributed by atoms with Crippen LogP contribution in [0.3, 0.4) is 0 Å². The van der Waals surface area contributed by atoms with Crippen LogP contribution in [0.1, 0.15) is 74.8 Å². The van der Waals surface area contributed by atoms with E-state index in [0.29, 0.717) is 16.7 Å². The van der Waals surface area contributed by atoms with Crippen molar-refractivity contribution in [1.29, 1.82) is 5.26 Å². The van der Waals surface area contributed by atoms with E-state index in [1.165, 1.54) is 5.56 Å². The highest BCUT2D eigenvalue weighted by Gasteiger charge is 2.31. The molecule has 0 saturated carbocycles. The van der Waals surface area contributed by atoms with E-state index in [2.05, 4.69) is 11.1 Å². The molecule has 1 aliphatic carbocycles. The SMILES string of the molecule is CC(C)(C)OC(=O)N1CCCC(c2[nH]c(=S)c(C#N)c3c2CCCC3)C1. The van der Waals surface area contributed by atoms with Crippen molar-refractivity contribution < 1.29 is 9.53 Å². The first-order valence-corrected chi connectivity index (χ1v) is 9.87. The highest BCUT2D eigenvalue weighted by molar-refractivity contribution is 7.71. The molecule has 6 heteroatoms. The van der Waals surface area contributed by atoms with Crippen LogP contribution in [-0.2, 0) is 17.6 Å². The summed E-state index contributed by atoms with van der Waals surface area (Å²) in [6.45, 7) is 7.03. The van der Waals surface area contributed by atoms with Crippen LogP contribution in [0.4, 0.5) is 4.79 Å². The molecule has 140 valence electrons. The lowest BCUT2D eigenvalue weighted by Gasteiger charge is -2.35. The lowest BCUT2D eigenvalue weighted by atomic mass is 9.83. The van der Waals surface area contributed by atoms with Crippen molar-refractivity contribution in [1.82, 2.24) is 9.88 Å². The summed E-state index contributed by atoms with van der Waals surface area (Å²) in [4.78, 5) is 17.6. The third-order valence-corrected chi connectivity index (χ3v) is 5.47. The monoisotopic (exact) mass is 373 g/mol. The van der Waals surface area contributed by atoms with Crippen molar-refractivity contribution >= 4 is 18.3 Å². The van der Waals surface area contributed by atoms with E-state index in [-0.39, 0.29) is 12.0 Å². The number of H-pyrrole nitrogens is 1. The number of hydrogen-bond acceptors (Lipinski definition) is 4. The number of piperidine rings is 1. The highest BCUT2D eigenvalue weighted by Crippen LogP contribution is 2.34. The summed E-state index contributed by atoms with van der Waals surface area (Å²) in [5, 5.41) is 9.49. The van der Waals surface area contributed by atoms with Gasteiger partial charge in [0.25, 0.3) is 0 Å². The summed E-state index contributed by atoms with van der Waals surface area (Å²) in [5.74, 6) is 0.220. The molecule has 0 aromatic carbocycles. The van der Waals surface area contributed by atoms with Gasteiger partial charge in [-0.2, -0.15) is 5.26 Å². The van der Waals surface area contributed by atoms with Gasteiger partial charge in [0, 0.05) is 24.7 Å². The second kappa shape index (κ2) is 7.40. The molecule has 1 fully saturated rings. The maximum atomic E-state index is 12.5. The van der Waals surface area contributed by atoms with Crippen molar-refractivity contribution in [3.8, 4) is 6.07 Å². The topological polar surface area (TPSA) is 69.1 Å². The molecule has 1 atom stereocenters. The number of nitriles is 1. The largest absolute Gasteiger partial charge is 0.444 e. The van der Waals surface area contributed by atoms with Gasteiger partial charge in [0.1, 0.15) is 16.3 Å². The van der Waals surface area contributed by atoms with Gasteiger partial charge in [-0.3, -0.25) is 0 Å². The van der Waals surface area contributed by atoms with Crippen LogP contribution in [-0.4, -0.2) is 34.7 Å². The summed E-state index contributed by atoms with van der Waals surface area (Å²) >= 11 is 5.46. The van der Waals surface area contributed by atoms with E-state index in [1.54, 1.807) is 0 Å². The van der Waals surface area contributed by atoms with Gasteiger partial charge in [-0.25, -0.2) is 4.79 Å². The van der Waals surface area contributed by atoms with E-state index in [9.17, 15) is 10.1 Å². The number of aromatic nitrogens is 1. The molecule has 1 aromatic heterocycles. The zero-order valence-electron chi connectivity index (χ0n) is 15.9. The maximum Gasteiger partial charge on any atom is 0.410 e. The zero-order valence-corrected chi connectivity index (χ0v) is 16.7. The van der Waals surface area contributed by atoms with E-state index >= 15 is 0 Å². The summed E-state index contributed by atoms with van der Waals surface area (Å²) in [6.07, 6.45) is 5.86. The van der Waals surface area contributed by atoms with Crippen LogP contribution in [0.5, 0.6) is 0 Å². The Morgan fingerprint density at radius 1 is 1.27 bits per heavy atom. The molecule has 0 bridgehead atoms. The fraction of sp³-hybridized carbons (Fsp3) is 0.650. The van der Waals surface area contributed by atoms with Crippen LogP contribution >= 0.6 is 12.2 Å². The van der Waals surface area contributed by atoms with Crippen molar-refractivity contribution in [2.45, 2.75) is 70.8 Å². The van der Waals surface area contributed by atoms with E-state index in [0.717, 1.165) is 56.3 Å². The molecule has 0 spiro atoms. The third-order valence-electron chi connectivity index (χ3n) is 5.16. The van der Waals surface area contributed by atoms with Gasteiger partial charge in [0.05, 0.1) is 5.56 Å². The van der Waals surface area contributed by atoms with Crippen molar-refractivity contribution in [2.75, 3.05) is 13.1 Å². The minimum absolute atomic E-state index is 0.220. The number of fused-ring (bicyclic) bond motifs is 1. The lowest BCUT2D eigenvalue weighted by molar-refractivity contribution is 0.0197. The van der Waals surface area contributed by atoms with Crippen LogP contribution in [0.15, 0.2) is 0 Å². The number of amides is 1. The lowest BCUT2D eigenvalue weighted by Crippen LogP contribution is -2.42. The maximum absolute atomic E-state index is 12.5. The predicted octanol–water partition coefficient (Wildman–Crippen LogP) is 4.61. The molecular formula is C20H27N3O2S. The molecule has 1 amide bonds. The van der Waals surface area contributed by atoms with Crippen molar-refractivity contribution in [2.24, 2.45) is 0 Å². The number of carbonyl (C=O) groups excluding carboxylic acids is 1. The molecule has 1 aromatic rings. The minimum atomic E-state index is -0.489. The molecule has 1 saturated heterocycles. The second-order valence-corrected chi connectivity index (χ2v) is 8.69. The van der Waals surface area contributed by atoms with E-state index in [4.69, 9.17) is 17.0 Å². The van der Waals surface area contributed by atoms with Crippen molar-refractivity contribution in [3.05, 3.63) is 27.0 Å². The molecule has 26 heavy (non-hydrogen) atoms. The van der Waals surface area contributed by atoms with Crippen LogP contribution in [0, 0.1) is 16.0 Å². The molecule has 3 rings (SSSR count). The van der Waals surface area contributed by atoms with Gasteiger partial charge >= 0.3 is 6.09 Å². The van der Waals surface area contributed by atoms with Gasteiger partial charge < -0.3 is 14.6 Å². The zero-order chi connectivity index (χ0) is 18.9. The quantitative estimate of drug-likeness (QED) is 0.730. The molecule has 1 N–H and O–H groups in total. The Balaban J connectivity index is 1.90. The Hall–Kier alpha value is -1.87. The fourth-order valence-electron chi connectivity index (χ4n) is 4.05. The fourth-order valence-corrected chi connectivity index (χ4v) is 4.33. The first-order valence-electron chi connectivity index (χ1n) is 9.46. The molecule has 0 radical (unpaired) electrons. The number of pyridine rings is 1. The molecule has 1 aliphatic heterocycles. The number of aromatic amines is 1. The van der Waals surface area contributed by atoms with Gasteiger partial charge in [0.2, 0.25) is 0 Å². The number of hydrogen-bond donors (Lipinski definition) is 1. The van der Waals surface area contributed by atoms with Gasteiger partial charge in [-0.15, -0.1) is 0 Å². The second-order valence-electron chi connectivity index (χ2n) is 8.28. The number of rotatable bonds is 1. The Labute approximate surface area is 160 Å². The Bertz CT molecular complexity index is 801. The summed E-state index contributed by atoms with van der Waals surface area (Å²) in [7, 11) is 0. The summed E-state index contributed by atoms with van der Waals surface area (Å²) < 4.78 is 6.09. The predicted molar refractivity (Wildman–Crippen MR) is 103 cm³/mol. The van der Waals surface area contributed by atoms with E-state index < -0.39 is 5.60 Å². The van der Waals surface area contributed by atoms with Crippen LogP contribution in [0.25, 0.3) is 0 Å². The average Bonchev–Trinajstić information content (AvgIpc) is 2.60. The summed E-state index contributed by atoms with van der Waals surface area (Å²) in [6, 6.07) is 2.29. The first kappa shape index (κ1) is 18.9. The number of likely N-dealkylation sites (tertiary alicyclic amines) is 1. The Morgan fingerprint density at radius 2 is 1.96 bits per heavy atom. The summed E-state index contributed by atoms with van der Waals surface area (Å²) in [5.41, 5.74) is 3.68. The minimum Gasteiger partial charge on any atom is -0.444 e. The average molecular weight is 374 g/mol. The van der Waals surface area contributed by atoms with Gasteiger partial charge in [0.15, 0.2) is 0 Å². The normalized spacial score (nSPS) is 20.2. The first-order chi connectivity index (χ1) is 12.3. The Kier molecular flexibility index (Phi) is 5.38. The molecule has 2 heterocycles. The number of carbonyl (C=O) groups is 1. The molecule has 1 unspecified atom stereocenters. The van der Waals surface area contributed by atoms with Gasteiger partial charge in [-0.1, -0.05) is 12.2 Å². The molecular weight excluding hydrogens is 346 g/mol. The Morgan fingerprint density at radius 3 is 2.62 bits per heavy atom. The molecule has 5 nitrogen and oxygen atoms in total.